The lowest BCUT2D eigenvalue weighted by Gasteiger charge is -2.03. The summed E-state index contributed by atoms with van der Waals surface area (Å²) in [7, 11) is 1.69. The van der Waals surface area contributed by atoms with Crippen LogP contribution in [0.2, 0.25) is 0 Å². The van der Waals surface area contributed by atoms with Gasteiger partial charge < -0.3 is 9.47 Å². The molecule has 0 saturated carbocycles. The maximum Gasteiger partial charge on any atom is 0.119 e. The molecule has 0 N–H and O–H groups in total. The molecule has 0 aromatic heterocycles. The number of methoxy groups -OCH3 is 1. The molecule has 0 aliphatic rings. The number of hydrogen-bond donors (Lipinski definition) is 0. The van der Waals surface area contributed by atoms with Gasteiger partial charge in [-0.1, -0.05) is 26.0 Å². The zero-order valence-corrected chi connectivity index (χ0v) is 12.4. The van der Waals surface area contributed by atoms with Gasteiger partial charge in [0.05, 0.1) is 13.2 Å². The highest BCUT2D eigenvalue weighted by molar-refractivity contribution is 5.26. The van der Waals surface area contributed by atoms with Gasteiger partial charge in [0.25, 0.3) is 0 Å². The van der Waals surface area contributed by atoms with Gasteiger partial charge in [-0.05, 0) is 24.6 Å². The predicted molar refractivity (Wildman–Crippen MR) is 82.2 cm³/mol. The molecule has 0 bridgehead atoms. The molecule has 0 amide bonds. The second-order valence-electron chi connectivity index (χ2n) is 2.51. The zero-order valence-electron chi connectivity index (χ0n) is 12.4. The third kappa shape index (κ3) is 12.5. The van der Waals surface area contributed by atoms with Crippen LogP contribution in [-0.2, 0) is 11.3 Å². The van der Waals surface area contributed by atoms with Crippen molar-refractivity contribution in [3.05, 3.63) is 56.1 Å². The first kappa shape index (κ1) is 21.7. The Labute approximate surface area is 113 Å². The van der Waals surface area contributed by atoms with E-state index in [4.69, 9.17) is 9.47 Å². The van der Waals surface area contributed by atoms with E-state index in [1.54, 1.807) is 7.11 Å². The molecule has 1 rings (SSSR count). The van der Waals surface area contributed by atoms with Gasteiger partial charge in [-0.25, -0.2) is 0 Å². The topological polar surface area (TPSA) is 18.5 Å². The van der Waals surface area contributed by atoms with Crippen LogP contribution in [0.15, 0.2) is 50.6 Å². The van der Waals surface area contributed by atoms with E-state index in [2.05, 4.69) is 26.3 Å². The molecule has 0 aliphatic carbocycles. The van der Waals surface area contributed by atoms with Crippen molar-refractivity contribution in [1.82, 2.24) is 0 Å². The highest BCUT2D eigenvalue weighted by Gasteiger charge is 1.92. The molecule has 0 heterocycles. The summed E-state index contributed by atoms with van der Waals surface area (Å²) >= 11 is 0. The van der Waals surface area contributed by atoms with Gasteiger partial charge in [-0.2, -0.15) is 0 Å². The maximum atomic E-state index is 5.30. The highest BCUT2D eigenvalue weighted by Crippen LogP contribution is 2.12. The number of benzene rings is 1. The van der Waals surface area contributed by atoms with E-state index in [0.29, 0.717) is 13.2 Å². The monoisotopic (exact) mass is 252 g/mol. The van der Waals surface area contributed by atoms with Crippen LogP contribution in [-0.4, -0.2) is 13.7 Å². The fourth-order valence-corrected chi connectivity index (χ4v) is 1.02. The van der Waals surface area contributed by atoms with Crippen LogP contribution >= 0.6 is 0 Å². The van der Waals surface area contributed by atoms with Crippen LogP contribution in [0.4, 0.5) is 0 Å². The van der Waals surface area contributed by atoms with Crippen LogP contribution in [0.3, 0.4) is 0 Å². The van der Waals surface area contributed by atoms with Gasteiger partial charge in [-0.3, -0.25) is 0 Å². The fraction of sp³-hybridized carbons (Fsp3) is 0.375. The Morgan fingerprint density at radius 1 is 0.944 bits per heavy atom. The van der Waals surface area contributed by atoms with E-state index in [1.165, 1.54) is 5.56 Å². The minimum Gasteiger partial charge on any atom is -0.494 e. The molecule has 0 unspecified atom stereocenters. The molecule has 0 saturated heterocycles. The molecule has 2 heteroatoms. The van der Waals surface area contributed by atoms with Crippen molar-refractivity contribution in [2.24, 2.45) is 0 Å². The second-order valence-corrected chi connectivity index (χ2v) is 2.51. The fourth-order valence-electron chi connectivity index (χ4n) is 1.02. The molecular weight excluding hydrogens is 224 g/mol. The second kappa shape index (κ2) is 20.8. The summed E-state index contributed by atoms with van der Waals surface area (Å²) in [5, 5.41) is 0. The smallest absolute Gasteiger partial charge is 0.119 e. The van der Waals surface area contributed by atoms with Gasteiger partial charge in [-0.15, -0.1) is 26.3 Å². The molecule has 1 aromatic rings. The van der Waals surface area contributed by atoms with E-state index < -0.39 is 0 Å². The molecule has 104 valence electrons. The van der Waals surface area contributed by atoms with Crippen molar-refractivity contribution in [1.29, 1.82) is 0 Å². The third-order valence-electron chi connectivity index (χ3n) is 1.55. The average molecular weight is 252 g/mol. The first-order valence-corrected chi connectivity index (χ1v) is 6.07. The molecular formula is C16H28O2. The van der Waals surface area contributed by atoms with Crippen LogP contribution in [0.25, 0.3) is 0 Å². The third-order valence-corrected chi connectivity index (χ3v) is 1.55. The molecule has 2 nitrogen and oxygen atoms in total. The largest absolute Gasteiger partial charge is 0.494 e. The van der Waals surface area contributed by atoms with Gasteiger partial charge in [0.15, 0.2) is 0 Å². The van der Waals surface area contributed by atoms with Crippen LogP contribution < -0.4 is 4.74 Å². The molecule has 0 atom stereocenters. The summed E-state index contributed by atoms with van der Waals surface area (Å²) in [5.41, 5.74) is 1.17. The SMILES string of the molecule is C=C.C=C.CC.CCOc1ccc(COC)cc1. The molecule has 18 heavy (non-hydrogen) atoms. The molecule has 0 radical (unpaired) electrons. The first-order chi connectivity index (χ1) is 8.86. The Balaban J connectivity index is -0.000000328. The average Bonchev–Trinajstić information content (AvgIpc) is 2.48. The van der Waals surface area contributed by atoms with Crippen molar-refractivity contribution in [2.75, 3.05) is 13.7 Å². The molecule has 1 aromatic carbocycles. The van der Waals surface area contributed by atoms with Crippen molar-refractivity contribution in [2.45, 2.75) is 27.4 Å². The van der Waals surface area contributed by atoms with E-state index in [-0.39, 0.29) is 0 Å². The normalized spacial score (nSPS) is 7.33. The van der Waals surface area contributed by atoms with E-state index in [1.807, 2.05) is 45.0 Å². The number of hydrogen-bond acceptors (Lipinski definition) is 2. The Morgan fingerprint density at radius 3 is 1.72 bits per heavy atom. The molecule has 0 aliphatic heterocycles. The Bertz CT molecular complexity index is 215. The molecule has 0 fully saturated rings. The minimum atomic E-state index is 0.659. The van der Waals surface area contributed by atoms with Gasteiger partial charge in [0, 0.05) is 7.11 Å². The molecule has 0 spiro atoms. The van der Waals surface area contributed by atoms with Crippen molar-refractivity contribution >= 4 is 0 Å². The van der Waals surface area contributed by atoms with E-state index >= 15 is 0 Å². The lowest BCUT2D eigenvalue weighted by molar-refractivity contribution is 0.185. The summed E-state index contributed by atoms with van der Waals surface area (Å²) in [6.45, 7) is 19.3. The van der Waals surface area contributed by atoms with Gasteiger partial charge >= 0.3 is 0 Å². The summed E-state index contributed by atoms with van der Waals surface area (Å²) in [5.74, 6) is 0.914. The summed E-state index contributed by atoms with van der Waals surface area (Å²) in [6.07, 6.45) is 0. The van der Waals surface area contributed by atoms with Crippen LogP contribution in [0.1, 0.15) is 26.3 Å². The van der Waals surface area contributed by atoms with Crippen molar-refractivity contribution < 1.29 is 9.47 Å². The summed E-state index contributed by atoms with van der Waals surface area (Å²) in [4.78, 5) is 0. The van der Waals surface area contributed by atoms with E-state index in [0.717, 1.165) is 5.75 Å². The lowest BCUT2D eigenvalue weighted by Crippen LogP contribution is -1.92. The highest BCUT2D eigenvalue weighted by atomic mass is 16.5. The van der Waals surface area contributed by atoms with Gasteiger partial charge in [0.2, 0.25) is 0 Å². The van der Waals surface area contributed by atoms with Gasteiger partial charge in [0.1, 0.15) is 5.75 Å². The Kier molecular flexibility index (Phi) is 25.1. The number of rotatable bonds is 4. The minimum absolute atomic E-state index is 0.659. The standard InChI is InChI=1S/C10H14O2.C2H6.2C2H4/c1-3-12-10-6-4-9(5-7-10)8-11-2;3*1-2/h4-7H,3,8H2,1-2H3;1-2H3;2*1-2H2. The van der Waals surface area contributed by atoms with Crippen molar-refractivity contribution in [3.63, 3.8) is 0 Å². The summed E-state index contributed by atoms with van der Waals surface area (Å²) < 4.78 is 10.3. The zero-order chi connectivity index (χ0) is 14.8. The van der Waals surface area contributed by atoms with Crippen LogP contribution in [0.5, 0.6) is 5.75 Å². The van der Waals surface area contributed by atoms with Crippen LogP contribution in [0, 0.1) is 0 Å². The first-order valence-electron chi connectivity index (χ1n) is 6.07. The quantitative estimate of drug-likeness (QED) is 0.712. The van der Waals surface area contributed by atoms with Crippen molar-refractivity contribution in [3.8, 4) is 5.75 Å². The summed E-state index contributed by atoms with van der Waals surface area (Å²) in [6, 6.07) is 7.93. The van der Waals surface area contributed by atoms with E-state index in [9.17, 15) is 0 Å². The number of ether oxygens (including phenoxy) is 2. The Hall–Kier alpha value is -1.54. The maximum absolute atomic E-state index is 5.30. The predicted octanol–water partition coefficient (Wildman–Crippen LogP) is 4.86. The lowest BCUT2D eigenvalue weighted by atomic mass is 10.2. The Morgan fingerprint density at radius 2 is 1.39 bits per heavy atom.